The lowest BCUT2D eigenvalue weighted by atomic mass is 10.3. The van der Waals surface area contributed by atoms with Crippen LogP contribution in [0, 0.1) is 0 Å². The smallest absolute Gasteiger partial charge is 0.316 e. The summed E-state index contributed by atoms with van der Waals surface area (Å²) in [5, 5.41) is 2.48. The van der Waals surface area contributed by atoms with E-state index in [1.807, 2.05) is 6.07 Å². The molecule has 0 aliphatic rings. The molecule has 15 heavy (non-hydrogen) atoms. The van der Waals surface area contributed by atoms with Crippen molar-refractivity contribution in [3.63, 3.8) is 0 Å². The van der Waals surface area contributed by atoms with E-state index >= 15 is 0 Å². The first-order valence-electron chi connectivity index (χ1n) is 4.72. The number of carbonyl (C=O) groups excluding carboxylic acids is 1. The van der Waals surface area contributed by atoms with Crippen LogP contribution in [0.2, 0.25) is 0 Å². The maximum absolute atomic E-state index is 10.7. The first kappa shape index (κ1) is 11.3. The Kier molecular flexibility index (Phi) is 4.43. The molecule has 5 heteroatoms. The van der Waals surface area contributed by atoms with E-state index in [1.165, 1.54) is 0 Å². The van der Waals surface area contributed by atoms with Crippen LogP contribution in [0.5, 0.6) is 5.75 Å². The van der Waals surface area contributed by atoms with Gasteiger partial charge < -0.3 is 21.5 Å². The number of urea groups is 1. The quantitative estimate of drug-likeness (QED) is 0.629. The molecule has 1 rings (SSSR count). The average Bonchev–Trinajstić information content (AvgIpc) is 2.20. The Morgan fingerprint density at radius 3 is 2.80 bits per heavy atom. The van der Waals surface area contributed by atoms with Crippen molar-refractivity contribution in [2.75, 3.05) is 18.5 Å². The van der Waals surface area contributed by atoms with Gasteiger partial charge in [0.1, 0.15) is 5.75 Å². The summed E-state index contributed by atoms with van der Waals surface area (Å²) in [6.07, 6.45) is 0.769. The van der Waals surface area contributed by atoms with Crippen molar-refractivity contribution < 1.29 is 9.53 Å². The molecule has 0 saturated heterocycles. The summed E-state index contributed by atoms with van der Waals surface area (Å²) >= 11 is 0. The standard InChI is InChI=1S/C10H15N3O2/c11-6-3-7-15-9-5-2-1-4-8(9)13-10(12)14/h1-2,4-5H,3,6-7,11H2,(H3,12,13,14). The van der Waals surface area contributed by atoms with E-state index in [9.17, 15) is 4.79 Å². The van der Waals surface area contributed by atoms with Gasteiger partial charge in [-0.3, -0.25) is 0 Å². The monoisotopic (exact) mass is 209 g/mol. The highest BCUT2D eigenvalue weighted by Crippen LogP contribution is 2.23. The van der Waals surface area contributed by atoms with Crippen molar-refractivity contribution in [3.8, 4) is 5.75 Å². The van der Waals surface area contributed by atoms with Crippen LogP contribution in [0.4, 0.5) is 10.5 Å². The van der Waals surface area contributed by atoms with E-state index < -0.39 is 6.03 Å². The molecule has 0 spiro atoms. The van der Waals surface area contributed by atoms with Crippen LogP contribution < -0.4 is 21.5 Å². The number of primary amides is 1. The van der Waals surface area contributed by atoms with Crippen LogP contribution in [0.3, 0.4) is 0 Å². The molecule has 0 heterocycles. The number of hydrogen-bond donors (Lipinski definition) is 3. The van der Waals surface area contributed by atoms with Crippen LogP contribution in [0.25, 0.3) is 0 Å². The summed E-state index contributed by atoms with van der Waals surface area (Å²) in [7, 11) is 0. The predicted octanol–water partition coefficient (Wildman–Crippen LogP) is 0.905. The number of anilines is 1. The number of hydrogen-bond acceptors (Lipinski definition) is 3. The number of carbonyl (C=O) groups is 1. The summed E-state index contributed by atoms with van der Waals surface area (Å²) in [6, 6.07) is 6.50. The van der Waals surface area contributed by atoms with E-state index in [1.54, 1.807) is 18.2 Å². The molecule has 0 bridgehead atoms. The zero-order chi connectivity index (χ0) is 11.1. The Hall–Kier alpha value is -1.75. The third-order valence-corrected chi connectivity index (χ3v) is 1.75. The molecule has 0 atom stereocenters. The maximum Gasteiger partial charge on any atom is 0.316 e. The van der Waals surface area contributed by atoms with Gasteiger partial charge in [0.25, 0.3) is 0 Å². The second kappa shape index (κ2) is 5.87. The minimum absolute atomic E-state index is 0.522. The van der Waals surface area contributed by atoms with Gasteiger partial charge in [0.05, 0.1) is 12.3 Å². The fourth-order valence-corrected chi connectivity index (χ4v) is 1.09. The average molecular weight is 209 g/mol. The van der Waals surface area contributed by atoms with Crippen molar-refractivity contribution in [2.45, 2.75) is 6.42 Å². The van der Waals surface area contributed by atoms with Gasteiger partial charge in [0, 0.05) is 0 Å². The molecule has 0 aliphatic heterocycles. The van der Waals surface area contributed by atoms with Crippen molar-refractivity contribution in [3.05, 3.63) is 24.3 Å². The molecular weight excluding hydrogens is 194 g/mol. The molecule has 2 amide bonds. The number of nitrogens with two attached hydrogens (primary N) is 2. The van der Waals surface area contributed by atoms with Crippen molar-refractivity contribution in [1.29, 1.82) is 0 Å². The highest BCUT2D eigenvalue weighted by Gasteiger charge is 2.03. The molecule has 0 unspecified atom stereocenters. The van der Waals surface area contributed by atoms with Gasteiger partial charge in [-0.25, -0.2) is 4.79 Å². The highest BCUT2D eigenvalue weighted by molar-refractivity contribution is 5.89. The summed E-state index contributed by atoms with van der Waals surface area (Å²) in [6.45, 7) is 1.10. The second-order valence-electron chi connectivity index (χ2n) is 2.98. The normalized spacial score (nSPS) is 9.67. The van der Waals surface area contributed by atoms with E-state index in [0.717, 1.165) is 6.42 Å². The fraction of sp³-hybridized carbons (Fsp3) is 0.300. The van der Waals surface area contributed by atoms with Gasteiger partial charge in [-0.05, 0) is 25.1 Å². The molecule has 1 aromatic carbocycles. The van der Waals surface area contributed by atoms with Gasteiger partial charge in [0.2, 0.25) is 0 Å². The van der Waals surface area contributed by atoms with Crippen LogP contribution in [0.1, 0.15) is 6.42 Å². The van der Waals surface area contributed by atoms with Crippen LogP contribution in [0.15, 0.2) is 24.3 Å². The summed E-state index contributed by atoms with van der Waals surface area (Å²) in [4.78, 5) is 10.7. The first-order valence-corrected chi connectivity index (χ1v) is 4.72. The maximum atomic E-state index is 10.7. The second-order valence-corrected chi connectivity index (χ2v) is 2.98. The van der Waals surface area contributed by atoms with Crippen LogP contribution in [-0.4, -0.2) is 19.2 Å². The molecule has 5 nitrogen and oxygen atoms in total. The van der Waals surface area contributed by atoms with Crippen molar-refractivity contribution in [1.82, 2.24) is 0 Å². The van der Waals surface area contributed by atoms with E-state index in [-0.39, 0.29) is 0 Å². The lowest BCUT2D eigenvalue weighted by Crippen LogP contribution is -2.20. The van der Waals surface area contributed by atoms with E-state index in [4.69, 9.17) is 16.2 Å². The number of ether oxygens (including phenoxy) is 1. The minimum Gasteiger partial charge on any atom is -0.491 e. The van der Waals surface area contributed by atoms with Gasteiger partial charge in [-0.15, -0.1) is 0 Å². The Labute approximate surface area is 88.4 Å². The minimum atomic E-state index is -0.607. The Bertz CT molecular complexity index is 328. The van der Waals surface area contributed by atoms with Gasteiger partial charge in [-0.1, -0.05) is 12.1 Å². The predicted molar refractivity (Wildman–Crippen MR) is 58.8 cm³/mol. The van der Waals surface area contributed by atoms with E-state index in [0.29, 0.717) is 24.6 Å². The number of rotatable bonds is 5. The Morgan fingerprint density at radius 2 is 2.13 bits per heavy atom. The van der Waals surface area contributed by atoms with Crippen LogP contribution >= 0.6 is 0 Å². The Balaban J connectivity index is 2.64. The molecule has 0 saturated carbocycles. The topological polar surface area (TPSA) is 90.4 Å². The number of nitrogens with one attached hydrogen (secondary N) is 1. The summed E-state index contributed by atoms with van der Waals surface area (Å²) in [5.41, 5.74) is 10.9. The first-order chi connectivity index (χ1) is 7.24. The number of para-hydroxylation sites is 2. The highest BCUT2D eigenvalue weighted by atomic mass is 16.5. The lowest BCUT2D eigenvalue weighted by molar-refractivity contribution is 0.259. The van der Waals surface area contributed by atoms with Gasteiger partial charge >= 0.3 is 6.03 Å². The molecule has 0 fully saturated rings. The molecule has 0 aliphatic carbocycles. The van der Waals surface area contributed by atoms with Gasteiger partial charge in [0.15, 0.2) is 0 Å². The lowest BCUT2D eigenvalue weighted by Gasteiger charge is -2.10. The SMILES string of the molecule is NCCCOc1ccccc1NC(N)=O. The summed E-state index contributed by atoms with van der Waals surface area (Å²) in [5.74, 6) is 0.602. The van der Waals surface area contributed by atoms with Crippen LogP contribution in [-0.2, 0) is 0 Å². The van der Waals surface area contributed by atoms with Gasteiger partial charge in [-0.2, -0.15) is 0 Å². The fourth-order valence-electron chi connectivity index (χ4n) is 1.09. The zero-order valence-electron chi connectivity index (χ0n) is 8.40. The molecule has 1 aromatic rings. The third kappa shape index (κ3) is 3.86. The molecule has 0 radical (unpaired) electrons. The largest absolute Gasteiger partial charge is 0.491 e. The number of amides is 2. The third-order valence-electron chi connectivity index (χ3n) is 1.75. The Morgan fingerprint density at radius 1 is 1.40 bits per heavy atom. The molecular formula is C10H15N3O2. The molecule has 5 N–H and O–H groups in total. The zero-order valence-corrected chi connectivity index (χ0v) is 8.40. The van der Waals surface area contributed by atoms with Crippen molar-refractivity contribution >= 4 is 11.7 Å². The van der Waals surface area contributed by atoms with E-state index in [2.05, 4.69) is 5.32 Å². The summed E-state index contributed by atoms with van der Waals surface area (Å²) < 4.78 is 5.43. The molecule has 82 valence electrons. The van der Waals surface area contributed by atoms with Crippen molar-refractivity contribution in [2.24, 2.45) is 11.5 Å². The molecule has 0 aromatic heterocycles. The number of benzene rings is 1.